The zero-order valence-electron chi connectivity index (χ0n) is 14.3. The number of urea groups is 1. The number of para-hydroxylation sites is 1. The summed E-state index contributed by atoms with van der Waals surface area (Å²) in [5.41, 5.74) is 2.36. The molecule has 0 bridgehead atoms. The third-order valence-corrected chi connectivity index (χ3v) is 4.57. The number of nitrogens with one attached hydrogen (secondary N) is 2. The number of aromatic nitrogens is 1. The number of anilines is 1. The van der Waals surface area contributed by atoms with Crippen LogP contribution in [-0.2, 0) is 9.47 Å². The van der Waals surface area contributed by atoms with Gasteiger partial charge in [0.2, 0.25) is 0 Å². The third kappa shape index (κ3) is 4.35. The Balaban J connectivity index is 1.65. The first kappa shape index (κ1) is 17.4. The molecule has 0 spiro atoms. The first-order valence-corrected chi connectivity index (χ1v) is 8.40. The molecule has 1 aliphatic heterocycles. The van der Waals surface area contributed by atoms with E-state index < -0.39 is 0 Å². The molecule has 1 fully saturated rings. The predicted molar refractivity (Wildman–Crippen MR) is 96.5 cm³/mol. The topological polar surface area (TPSA) is 72.5 Å². The molecular formula is C19H23N3O3. The van der Waals surface area contributed by atoms with Gasteiger partial charge in [-0.1, -0.05) is 18.2 Å². The van der Waals surface area contributed by atoms with Crippen LogP contribution in [-0.4, -0.2) is 43.5 Å². The van der Waals surface area contributed by atoms with Crippen molar-refractivity contribution in [2.75, 3.05) is 32.2 Å². The summed E-state index contributed by atoms with van der Waals surface area (Å²) in [5.74, 6) is 0. The van der Waals surface area contributed by atoms with Gasteiger partial charge in [-0.2, -0.15) is 0 Å². The summed E-state index contributed by atoms with van der Waals surface area (Å²) in [6, 6.07) is 11.3. The van der Waals surface area contributed by atoms with Gasteiger partial charge in [-0.25, -0.2) is 4.79 Å². The van der Waals surface area contributed by atoms with E-state index in [1.165, 1.54) is 0 Å². The summed E-state index contributed by atoms with van der Waals surface area (Å²) in [6.45, 7) is 1.76. The fraction of sp³-hybridized carbons (Fsp3) is 0.368. The second kappa shape index (κ2) is 8.09. The Kier molecular flexibility index (Phi) is 5.63. The van der Waals surface area contributed by atoms with Gasteiger partial charge in [0.1, 0.15) is 0 Å². The monoisotopic (exact) mass is 341 g/mol. The number of hydrogen-bond donors (Lipinski definition) is 2. The van der Waals surface area contributed by atoms with E-state index in [2.05, 4.69) is 15.6 Å². The zero-order chi connectivity index (χ0) is 17.5. The van der Waals surface area contributed by atoms with Gasteiger partial charge < -0.3 is 20.1 Å². The summed E-state index contributed by atoms with van der Waals surface area (Å²) >= 11 is 0. The van der Waals surface area contributed by atoms with Crippen LogP contribution in [0.5, 0.6) is 0 Å². The summed E-state index contributed by atoms with van der Waals surface area (Å²) in [6.07, 6.45) is 5.02. The predicted octanol–water partition coefficient (Wildman–Crippen LogP) is 3.07. The minimum atomic E-state index is -0.347. The number of benzene rings is 1. The molecule has 2 N–H and O–H groups in total. The molecule has 6 heteroatoms. The second-order valence-corrected chi connectivity index (χ2v) is 6.09. The molecule has 3 rings (SSSR count). The first-order valence-electron chi connectivity index (χ1n) is 8.40. The number of rotatable bonds is 5. The van der Waals surface area contributed by atoms with Crippen molar-refractivity contribution in [1.82, 2.24) is 10.3 Å². The maximum Gasteiger partial charge on any atom is 0.319 e. The minimum absolute atomic E-state index is 0.246. The Morgan fingerprint density at radius 3 is 2.64 bits per heavy atom. The maximum atomic E-state index is 12.4. The molecule has 0 atom stereocenters. The van der Waals surface area contributed by atoms with Crippen LogP contribution in [0.2, 0.25) is 0 Å². The summed E-state index contributed by atoms with van der Waals surface area (Å²) < 4.78 is 11.0. The van der Waals surface area contributed by atoms with Crippen molar-refractivity contribution in [3.8, 4) is 11.1 Å². The van der Waals surface area contributed by atoms with Gasteiger partial charge in [-0.15, -0.1) is 0 Å². The molecular weight excluding hydrogens is 318 g/mol. The molecule has 2 amide bonds. The Hall–Kier alpha value is -2.44. The normalized spacial score (nSPS) is 16.2. The largest absolute Gasteiger partial charge is 0.381 e. The second-order valence-electron chi connectivity index (χ2n) is 6.09. The fourth-order valence-corrected chi connectivity index (χ4v) is 2.98. The molecule has 2 heterocycles. The minimum Gasteiger partial charge on any atom is -0.381 e. The van der Waals surface area contributed by atoms with Gasteiger partial charge in [-0.3, -0.25) is 4.98 Å². The Morgan fingerprint density at radius 1 is 1.20 bits per heavy atom. The lowest BCUT2D eigenvalue weighted by Crippen LogP contribution is -2.49. The van der Waals surface area contributed by atoms with Gasteiger partial charge >= 0.3 is 6.03 Å². The fourth-order valence-electron chi connectivity index (χ4n) is 2.98. The van der Waals surface area contributed by atoms with Gasteiger partial charge in [-0.05, 0) is 23.8 Å². The number of ether oxygens (including phenoxy) is 2. The van der Waals surface area contributed by atoms with E-state index in [-0.39, 0.29) is 11.6 Å². The molecule has 132 valence electrons. The molecule has 0 unspecified atom stereocenters. The van der Waals surface area contributed by atoms with E-state index in [0.29, 0.717) is 19.8 Å². The number of carbonyl (C=O) groups excluding carboxylic acids is 1. The molecule has 1 aromatic heterocycles. The quantitative estimate of drug-likeness (QED) is 0.877. The molecule has 0 saturated carbocycles. The van der Waals surface area contributed by atoms with Crippen molar-refractivity contribution in [3.05, 3.63) is 48.8 Å². The van der Waals surface area contributed by atoms with Crippen LogP contribution in [0.1, 0.15) is 12.8 Å². The van der Waals surface area contributed by atoms with Crippen molar-refractivity contribution >= 4 is 11.7 Å². The van der Waals surface area contributed by atoms with Crippen LogP contribution >= 0.6 is 0 Å². The number of amides is 2. The average molecular weight is 341 g/mol. The summed E-state index contributed by atoms with van der Waals surface area (Å²) in [4.78, 5) is 16.4. The van der Waals surface area contributed by atoms with Crippen LogP contribution in [0.4, 0.5) is 10.5 Å². The lowest BCUT2D eigenvalue weighted by atomic mass is 9.94. The molecule has 6 nitrogen and oxygen atoms in total. The van der Waals surface area contributed by atoms with Gasteiger partial charge in [0, 0.05) is 57.7 Å². The molecule has 1 aromatic carbocycles. The van der Waals surface area contributed by atoms with E-state index >= 15 is 0 Å². The van der Waals surface area contributed by atoms with Gasteiger partial charge in [0.15, 0.2) is 0 Å². The highest BCUT2D eigenvalue weighted by Gasteiger charge is 2.32. The Bertz CT molecular complexity index is 700. The van der Waals surface area contributed by atoms with Crippen molar-refractivity contribution < 1.29 is 14.3 Å². The SMILES string of the molecule is COC1(CNC(=O)Nc2ccccc2-c2ccncc2)CCOCC1. The third-order valence-electron chi connectivity index (χ3n) is 4.57. The van der Waals surface area contributed by atoms with Crippen LogP contribution in [0.3, 0.4) is 0 Å². The summed E-state index contributed by atoms with van der Waals surface area (Å²) in [5, 5.41) is 5.86. The van der Waals surface area contributed by atoms with Crippen molar-refractivity contribution in [3.63, 3.8) is 0 Å². The van der Waals surface area contributed by atoms with Crippen LogP contribution in [0, 0.1) is 0 Å². The molecule has 0 aliphatic carbocycles. The van der Waals surface area contributed by atoms with Crippen LogP contribution in [0.15, 0.2) is 48.8 Å². The molecule has 1 aliphatic rings. The molecule has 25 heavy (non-hydrogen) atoms. The van der Waals surface area contributed by atoms with Crippen molar-refractivity contribution in [2.24, 2.45) is 0 Å². The van der Waals surface area contributed by atoms with E-state index in [4.69, 9.17) is 9.47 Å². The van der Waals surface area contributed by atoms with Crippen molar-refractivity contribution in [2.45, 2.75) is 18.4 Å². The Morgan fingerprint density at radius 2 is 1.92 bits per heavy atom. The highest BCUT2D eigenvalue weighted by Crippen LogP contribution is 2.27. The molecule has 2 aromatic rings. The van der Waals surface area contributed by atoms with Gasteiger partial charge in [0.05, 0.1) is 11.3 Å². The average Bonchev–Trinajstić information content (AvgIpc) is 2.68. The van der Waals surface area contributed by atoms with Crippen LogP contribution in [0.25, 0.3) is 11.1 Å². The lowest BCUT2D eigenvalue weighted by molar-refractivity contribution is -0.0859. The van der Waals surface area contributed by atoms with Gasteiger partial charge in [0.25, 0.3) is 0 Å². The zero-order valence-corrected chi connectivity index (χ0v) is 14.3. The number of carbonyl (C=O) groups is 1. The number of pyridine rings is 1. The lowest BCUT2D eigenvalue weighted by Gasteiger charge is -2.35. The first-order chi connectivity index (χ1) is 12.2. The Labute approximate surface area is 147 Å². The van der Waals surface area contributed by atoms with E-state index in [1.54, 1.807) is 19.5 Å². The van der Waals surface area contributed by atoms with Crippen molar-refractivity contribution in [1.29, 1.82) is 0 Å². The number of methoxy groups -OCH3 is 1. The summed E-state index contributed by atoms with van der Waals surface area (Å²) in [7, 11) is 1.68. The highest BCUT2D eigenvalue weighted by atomic mass is 16.5. The molecule has 0 radical (unpaired) electrons. The van der Waals surface area contributed by atoms with E-state index in [9.17, 15) is 4.79 Å². The smallest absolute Gasteiger partial charge is 0.319 e. The molecule has 1 saturated heterocycles. The van der Waals surface area contributed by atoms with E-state index in [1.807, 2.05) is 36.4 Å². The standard InChI is InChI=1S/C19H23N3O3/c1-24-19(8-12-25-13-9-19)14-21-18(23)22-17-5-3-2-4-16(17)15-6-10-20-11-7-15/h2-7,10-11H,8-9,12-14H2,1H3,(H2,21,22,23). The highest BCUT2D eigenvalue weighted by molar-refractivity contribution is 5.94. The van der Waals surface area contributed by atoms with E-state index in [0.717, 1.165) is 29.7 Å². The number of hydrogen-bond acceptors (Lipinski definition) is 4. The number of nitrogens with zero attached hydrogens (tertiary/aromatic N) is 1. The van der Waals surface area contributed by atoms with Crippen LogP contribution < -0.4 is 10.6 Å². The maximum absolute atomic E-state index is 12.4.